The number of nitrogens with one attached hydrogen (secondary N) is 1. The van der Waals surface area contributed by atoms with E-state index in [0.29, 0.717) is 12.8 Å². The molecule has 0 radical (unpaired) electrons. The van der Waals surface area contributed by atoms with E-state index in [2.05, 4.69) is 17.4 Å². The molecule has 0 bridgehead atoms. The Morgan fingerprint density at radius 3 is 2.19 bits per heavy atom. The van der Waals surface area contributed by atoms with Crippen LogP contribution < -0.4 is 5.32 Å². The maximum Gasteiger partial charge on any atom is 0.407 e. The molecule has 2 aromatic rings. The van der Waals surface area contributed by atoms with Crippen LogP contribution in [-0.4, -0.2) is 53.7 Å². The Balaban J connectivity index is 1.38. The fourth-order valence-electron chi connectivity index (χ4n) is 4.36. The molecule has 1 heterocycles. The summed E-state index contributed by atoms with van der Waals surface area (Å²) in [7, 11) is 0. The van der Waals surface area contributed by atoms with Crippen molar-refractivity contribution in [3.05, 3.63) is 59.7 Å². The SMILES string of the molecule is CCCC(NC(=O)OCC1c2ccccc2-c2ccccc21)C(=O)N1CC(C(=O)O)C1. The van der Waals surface area contributed by atoms with Crippen LogP contribution in [0, 0.1) is 5.92 Å². The molecule has 1 saturated heterocycles. The minimum Gasteiger partial charge on any atom is -0.481 e. The summed E-state index contributed by atoms with van der Waals surface area (Å²) in [5, 5.41) is 11.7. The first kappa shape index (κ1) is 20.9. The Hall–Kier alpha value is -3.35. The van der Waals surface area contributed by atoms with Crippen LogP contribution in [-0.2, 0) is 14.3 Å². The Bertz CT molecular complexity index is 953. The van der Waals surface area contributed by atoms with Gasteiger partial charge in [-0.2, -0.15) is 0 Å². The molecule has 0 aromatic heterocycles. The zero-order chi connectivity index (χ0) is 22.0. The minimum absolute atomic E-state index is 0.0508. The molecule has 1 atom stereocenters. The summed E-state index contributed by atoms with van der Waals surface area (Å²) in [5.41, 5.74) is 4.55. The second-order valence-electron chi connectivity index (χ2n) is 8.09. The summed E-state index contributed by atoms with van der Waals surface area (Å²) in [6.07, 6.45) is 0.539. The molecule has 31 heavy (non-hydrogen) atoms. The lowest BCUT2D eigenvalue weighted by atomic mass is 9.98. The van der Waals surface area contributed by atoms with E-state index < -0.39 is 24.0 Å². The second kappa shape index (κ2) is 8.79. The average molecular weight is 422 g/mol. The van der Waals surface area contributed by atoms with Crippen LogP contribution in [0.4, 0.5) is 4.79 Å². The van der Waals surface area contributed by atoms with Gasteiger partial charge in [0.15, 0.2) is 0 Å². The number of ether oxygens (including phenoxy) is 1. The molecule has 1 unspecified atom stereocenters. The minimum atomic E-state index is -0.902. The fraction of sp³-hybridized carbons (Fsp3) is 0.375. The molecular weight excluding hydrogens is 396 g/mol. The lowest BCUT2D eigenvalue weighted by Crippen LogP contribution is -2.58. The number of fused-ring (bicyclic) bond motifs is 3. The predicted octanol–water partition coefficient (Wildman–Crippen LogP) is 3.24. The average Bonchev–Trinajstić information content (AvgIpc) is 3.04. The highest BCUT2D eigenvalue weighted by atomic mass is 16.5. The van der Waals surface area contributed by atoms with Crippen LogP contribution in [0.25, 0.3) is 11.1 Å². The maximum atomic E-state index is 12.7. The van der Waals surface area contributed by atoms with Crippen molar-refractivity contribution < 1.29 is 24.2 Å². The van der Waals surface area contributed by atoms with Gasteiger partial charge in [0.05, 0.1) is 5.92 Å². The molecule has 1 aliphatic heterocycles. The lowest BCUT2D eigenvalue weighted by molar-refractivity contribution is -0.153. The number of rotatable bonds is 7. The van der Waals surface area contributed by atoms with E-state index in [9.17, 15) is 14.4 Å². The van der Waals surface area contributed by atoms with Crippen molar-refractivity contribution in [2.45, 2.75) is 31.7 Å². The van der Waals surface area contributed by atoms with E-state index in [-0.39, 0.29) is 31.5 Å². The third-order valence-corrected chi connectivity index (χ3v) is 6.05. The number of hydrogen-bond acceptors (Lipinski definition) is 4. The van der Waals surface area contributed by atoms with Gasteiger partial charge in [-0.15, -0.1) is 0 Å². The number of carbonyl (C=O) groups excluding carboxylic acids is 2. The molecule has 2 aliphatic rings. The zero-order valence-electron chi connectivity index (χ0n) is 17.4. The van der Waals surface area contributed by atoms with Gasteiger partial charge in [-0.25, -0.2) is 4.79 Å². The third-order valence-electron chi connectivity index (χ3n) is 6.05. The third kappa shape index (κ3) is 4.13. The van der Waals surface area contributed by atoms with Gasteiger partial charge in [-0.05, 0) is 28.7 Å². The molecule has 7 nitrogen and oxygen atoms in total. The number of carboxylic acids is 1. The topological polar surface area (TPSA) is 95.9 Å². The van der Waals surface area contributed by atoms with Gasteiger partial charge >= 0.3 is 12.1 Å². The zero-order valence-corrected chi connectivity index (χ0v) is 17.4. The fourth-order valence-corrected chi connectivity index (χ4v) is 4.36. The first-order valence-electron chi connectivity index (χ1n) is 10.6. The van der Waals surface area contributed by atoms with E-state index in [1.54, 1.807) is 0 Å². The smallest absolute Gasteiger partial charge is 0.407 e. The molecule has 1 aliphatic carbocycles. The van der Waals surface area contributed by atoms with E-state index in [0.717, 1.165) is 22.3 Å². The quantitative estimate of drug-likeness (QED) is 0.714. The number of likely N-dealkylation sites (tertiary alicyclic amines) is 1. The van der Waals surface area contributed by atoms with E-state index in [4.69, 9.17) is 9.84 Å². The standard InChI is InChI=1S/C24H26N2O5/c1-2-7-21(22(27)26-12-15(13-26)23(28)29)25-24(30)31-14-20-18-10-5-3-8-16(18)17-9-4-6-11-19(17)20/h3-6,8-11,15,20-21H,2,7,12-14H2,1H3,(H,25,30)(H,28,29). The van der Waals surface area contributed by atoms with E-state index in [1.165, 1.54) is 4.90 Å². The second-order valence-corrected chi connectivity index (χ2v) is 8.09. The van der Waals surface area contributed by atoms with Gasteiger partial charge < -0.3 is 20.1 Å². The molecule has 1 fully saturated rings. The predicted molar refractivity (Wildman–Crippen MR) is 115 cm³/mol. The number of alkyl carbamates (subject to hydrolysis) is 1. The van der Waals surface area contributed by atoms with Crippen LogP contribution in [0.1, 0.15) is 36.8 Å². The summed E-state index contributed by atoms with van der Waals surface area (Å²) in [5.74, 6) is -1.74. The Kier molecular flexibility index (Phi) is 5.93. The number of hydrogen-bond donors (Lipinski definition) is 2. The van der Waals surface area contributed by atoms with Crippen molar-refractivity contribution in [3.63, 3.8) is 0 Å². The molecule has 0 spiro atoms. The van der Waals surface area contributed by atoms with Crippen molar-refractivity contribution in [2.24, 2.45) is 5.92 Å². The molecule has 0 saturated carbocycles. The maximum absolute atomic E-state index is 12.7. The van der Waals surface area contributed by atoms with Gasteiger partial charge in [0.25, 0.3) is 0 Å². The summed E-state index contributed by atoms with van der Waals surface area (Å²) in [4.78, 5) is 37.6. The van der Waals surface area contributed by atoms with Gasteiger partial charge in [-0.1, -0.05) is 61.9 Å². The number of nitrogens with zero attached hydrogens (tertiary/aromatic N) is 1. The van der Waals surface area contributed by atoms with E-state index in [1.807, 2.05) is 43.3 Å². The summed E-state index contributed by atoms with van der Waals surface area (Å²) in [6.45, 7) is 2.47. The monoisotopic (exact) mass is 422 g/mol. The Morgan fingerprint density at radius 1 is 1.06 bits per heavy atom. The van der Waals surface area contributed by atoms with E-state index >= 15 is 0 Å². The molecule has 2 N–H and O–H groups in total. The van der Waals surface area contributed by atoms with Crippen LogP contribution in [0.2, 0.25) is 0 Å². The highest BCUT2D eigenvalue weighted by Crippen LogP contribution is 2.44. The summed E-state index contributed by atoms with van der Waals surface area (Å²) >= 11 is 0. The number of benzene rings is 2. The normalized spacial score (nSPS) is 16.1. The number of carboxylic acid groups (broad SMARTS) is 1. The lowest BCUT2D eigenvalue weighted by Gasteiger charge is -2.38. The van der Waals surface area contributed by atoms with Crippen molar-refractivity contribution >= 4 is 18.0 Å². The number of aliphatic carboxylic acids is 1. The molecule has 2 aromatic carbocycles. The Labute approximate surface area is 181 Å². The molecule has 162 valence electrons. The van der Waals surface area contributed by atoms with Gasteiger partial charge in [0.1, 0.15) is 12.6 Å². The van der Waals surface area contributed by atoms with Gasteiger partial charge in [-0.3, -0.25) is 9.59 Å². The van der Waals surface area contributed by atoms with Crippen molar-refractivity contribution in [3.8, 4) is 11.1 Å². The summed E-state index contributed by atoms with van der Waals surface area (Å²) < 4.78 is 5.54. The largest absolute Gasteiger partial charge is 0.481 e. The Morgan fingerprint density at radius 2 is 1.65 bits per heavy atom. The van der Waals surface area contributed by atoms with Crippen LogP contribution in [0.5, 0.6) is 0 Å². The van der Waals surface area contributed by atoms with Crippen LogP contribution >= 0.6 is 0 Å². The first-order chi connectivity index (χ1) is 15.0. The molecule has 7 heteroatoms. The van der Waals surface area contributed by atoms with Crippen LogP contribution in [0.15, 0.2) is 48.5 Å². The van der Waals surface area contributed by atoms with Gasteiger partial charge in [0.2, 0.25) is 5.91 Å². The first-order valence-corrected chi connectivity index (χ1v) is 10.6. The van der Waals surface area contributed by atoms with Gasteiger partial charge in [0, 0.05) is 19.0 Å². The molecular formula is C24H26N2O5. The summed E-state index contributed by atoms with van der Waals surface area (Å²) in [6, 6.07) is 15.5. The molecule has 4 rings (SSSR count). The van der Waals surface area contributed by atoms with Crippen molar-refractivity contribution in [2.75, 3.05) is 19.7 Å². The number of amides is 2. The highest BCUT2D eigenvalue weighted by molar-refractivity contribution is 5.88. The van der Waals surface area contributed by atoms with Crippen LogP contribution in [0.3, 0.4) is 0 Å². The van der Waals surface area contributed by atoms with Crippen molar-refractivity contribution in [1.82, 2.24) is 10.2 Å². The van der Waals surface area contributed by atoms with Crippen molar-refractivity contribution in [1.29, 1.82) is 0 Å². The number of carbonyl (C=O) groups is 3. The molecule has 2 amide bonds. The highest BCUT2D eigenvalue weighted by Gasteiger charge is 2.38.